The van der Waals surface area contributed by atoms with Crippen molar-refractivity contribution in [2.24, 2.45) is 0 Å². The summed E-state index contributed by atoms with van der Waals surface area (Å²) in [5.41, 5.74) is 0.529. The van der Waals surface area contributed by atoms with Gasteiger partial charge in [-0.15, -0.1) is 0 Å². The molecule has 3 heteroatoms. The maximum absolute atomic E-state index is 11.6. The summed E-state index contributed by atoms with van der Waals surface area (Å²) in [6.07, 6.45) is 5.58. The highest BCUT2D eigenvalue weighted by molar-refractivity contribution is 5.70. The number of ether oxygens (including phenoxy) is 1. The summed E-state index contributed by atoms with van der Waals surface area (Å²) >= 11 is 0. The number of carbonyl (C=O) groups excluding carboxylic acids is 1. The van der Waals surface area contributed by atoms with Crippen LogP contribution < -0.4 is 0 Å². The normalized spacial score (nSPS) is 26.7. The third-order valence-corrected chi connectivity index (χ3v) is 4.44. The Kier molecular flexibility index (Phi) is 5.80. The molecular formula is C18H26O3. The molecule has 2 rings (SSSR count). The van der Waals surface area contributed by atoms with Crippen LogP contribution in [0.3, 0.4) is 0 Å². The number of esters is 1. The van der Waals surface area contributed by atoms with Crippen LogP contribution in [-0.4, -0.2) is 23.3 Å². The van der Waals surface area contributed by atoms with E-state index in [0.717, 1.165) is 25.7 Å². The van der Waals surface area contributed by atoms with Crippen LogP contribution in [0.1, 0.15) is 63.4 Å². The van der Waals surface area contributed by atoms with E-state index in [1.807, 2.05) is 6.07 Å². The summed E-state index contributed by atoms with van der Waals surface area (Å²) in [5, 5.41) is 10.6. The number of benzene rings is 1. The highest BCUT2D eigenvalue weighted by Gasteiger charge is 2.32. The second-order valence-corrected chi connectivity index (χ2v) is 6.10. The van der Waals surface area contributed by atoms with Crippen LogP contribution in [0, 0.1) is 0 Å². The first-order valence-corrected chi connectivity index (χ1v) is 8.06. The summed E-state index contributed by atoms with van der Waals surface area (Å²) in [6.45, 7) is 2.18. The van der Waals surface area contributed by atoms with Crippen molar-refractivity contribution >= 4 is 5.97 Å². The predicted octanol–water partition coefficient (Wildman–Crippen LogP) is 3.81. The average Bonchev–Trinajstić information content (AvgIpc) is 2.44. The lowest BCUT2D eigenvalue weighted by Gasteiger charge is -2.31. The molecule has 0 radical (unpaired) electrons. The first-order valence-electron chi connectivity index (χ1n) is 8.06. The molecule has 1 aromatic carbocycles. The molecule has 1 N–H and O–H groups in total. The molecule has 0 saturated heterocycles. The molecule has 0 spiro atoms. The van der Waals surface area contributed by atoms with Gasteiger partial charge in [0, 0.05) is 0 Å². The third kappa shape index (κ3) is 4.85. The minimum atomic E-state index is -0.867. The van der Waals surface area contributed by atoms with Crippen molar-refractivity contribution in [1.29, 1.82) is 0 Å². The topological polar surface area (TPSA) is 46.5 Å². The Balaban J connectivity index is 1.90. The molecule has 0 aromatic heterocycles. The van der Waals surface area contributed by atoms with Gasteiger partial charge in [-0.1, -0.05) is 30.3 Å². The molecule has 0 bridgehead atoms. The van der Waals surface area contributed by atoms with E-state index < -0.39 is 5.60 Å². The zero-order valence-electron chi connectivity index (χ0n) is 12.9. The molecule has 1 aliphatic rings. The fourth-order valence-electron chi connectivity index (χ4n) is 3.34. The van der Waals surface area contributed by atoms with E-state index in [0.29, 0.717) is 25.4 Å². The van der Waals surface area contributed by atoms with E-state index in [-0.39, 0.29) is 12.4 Å². The predicted molar refractivity (Wildman–Crippen MR) is 83.1 cm³/mol. The van der Waals surface area contributed by atoms with Gasteiger partial charge in [0.2, 0.25) is 0 Å². The Morgan fingerprint density at radius 3 is 2.43 bits per heavy atom. The van der Waals surface area contributed by atoms with Crippen molar-refractivity contribution in [3.05, 3.63) is 35.9 Å². The van der Waals surface area contributed by atoms with Crippen LogP contribution in [0.25, 0.3) is 0 Å². The Morgan fingerprint density at radius 2 is 1.86 bits per heavy atom. The number of hydrogen-bond acceptors (Lipinski definition) is 3. The van der Waals surface area contributed by atoms with Gasteiger partial charge >= 0.3 is 5.97 Å². The molecule has 0 amide bonds. The highest BCUT2D eigenvalue weighted by Crippen LogP contribution is 2.35. The second kappa shape index (κ2) is 7.60. The van der Waals surface area contributed by atoms with Crippen LogP contribution in [0.5, 0.6) is 0 Å². The van der Waals surface area contributed by atoms with Crippen molar-refractivity contribution in [2.45, 2.75) is 63.4 Å². The van der Waals surface area contributed by atoms with Crippen molar-refractivity contribution in [1.82, 2.24) is 0 Å². The molecule has 3 nitrogen and oxygen atoms in total. The zero-order valence-corrected chi connectivity index (χ0v) is 12.9. The minimum Gasteiger partial charge on any atom is -0.466 e. The van der Waals surface area contributed by atoms with Gasteiger partial charge in [0.15, 0.2) is 0 Å². The largest absolute Gasteiger partial charge is 0.466 e. The number of carbonyl (C=O) groups is 1. The second-order valence-electron chi connectivity index (χ2n) is 6.10. The van der Waals surface area contributed by atoms with Gasteiger partial charge < -0.3 is 9.84 Å². The summed E-state index contributed by atoms with van der Waals surface area (Å²) in [6, 6.07) is 10.6. The third-order valence-electron chi connectivity index (χ3n) is 4.44. The molecule has 1 fully saturated rings. The van der Waals surface area contributed by atoms with Gasteiger partial charge in [0.1, 0.15) is 0 Å². The quantitative estimate of drug-likeness (QED) is 0.858. The summed E-state index contributed by atoms with van der Waals surface area (Å²) in [7, 11) is 0. The lowest BCUT2D eigenvalue weighted by molar-refractivity contribution is -0.149. The molecule has 116 valence electrons. The van der Waals surface area contributed by atoms with Crippen LogP contribution in [0.15, 0.2) is 30.3 Å². The first kappa shape index (κ1) is 16.0. The monoisotopic (exact) mass is 290 g/mol. The number of aliphatic hydroxyl groups is 1. The average molecular weight is 290 g/mol. The molecule has 1 saturated carbocycles. The summed E-state index contributed by atoms with van der Waals surface area (Å²) in [5.74, 6) is 0.304. The van der Waals surface area contributed by atoms with Crippen LogP contribution in [0.4, 0.5) is 0 Å². The van der Waals surface area contributed by atoms with Gasteiger partial charge in [0.05, 0.1) is 18.6 Å². The summed E-state index contributed by atoms with van der Waals surface area (Å²) < 4.78 is 4.97. The van der Waals surface area contributed by atoms with Gasteiger partial charge in [-0.05, 0) is 56.9 Å². The van der Waals surface area contributed by atoms with E-state index in [2.05, 4.69) is 24.3 Å². The maximum atomic E-state index is 11.6. The standard InChI is InChI=1S/C18H26O3/c1-2-21-17(19)14-18(20)12-6-10-16(11-7-13-18)15-8-4-3-5-9-15/h3-5,8-9,16,20H,2,6-7,10-14H2,1H3. The van der Waals surface area contributed by atoms with Gasteiger partial charge in [-0.3, -0.25) is 4.79 Å². The van der Waals surface area contributed by atoms with Crippen LogP contribution >= 0.6 is 0 Å². The zero-order chi connectivity index (χ0) is 15.1. The SMILES string of the molecule is CCOC(=O)CC1(O)CCCC(c2ccccc2)CCC1. The van der Waals surface area contributed by atoms with E-state index in [9.17, 15) is 9.90 Å². The fraction of sp³-hybridized carbons (Fsp3) is 0.611. The highest BCUT2D eigenvalue weighted by atomic mass is 16.5. The fourth-order valence-corrected chi connectivity index (χ4v) is 3.34. The van der Waals surface area contributed by atoms with Crippen molar-refractivity contribution < 1.29 is 14.6 Å². The van der Waals surface area contributed by atoms with Crippen LogP contribution in [0.2, 0.25) is 0 Å². The Labute approximate surface area is 127 Å². The lowest BCUT2D eigenvalue weighted by Crippen LogP contribution is -2.33. The molecule has 0 atom stereocenters. The molecular weight excluding hydrogens is 264 g/mol. The molecule has 1 aromatic rings. The Hall–Kier alpha value is -1.35. The molecule has 0 unspecified atom stereocenters. The Bertz CT molecular complexity index is 431. The molecule has 0 heterocycles. The Morgan fingerprint density at radius 1 is 1.24 bits per heavy atom. The van der Waals surface area contributed by atoms with E-state index in [1.165, 1.54) is 5.56 Å². The molecule has 0 aliphatic heterocycles. The van der Waals surface area contributed by atoms with Gasteiger partial charge in [0.25, 0.3) is 0 Å². The van der Waals surface area contributed by atoms with E-state index in [1.54, 1.807) is 6.92 Å². The van der Waals surface area contributed by atoms with E-state index >= 15 is 0 Å². The molecule has 1 aliphatic carbocycles. The smallest absolute Gasteiger partial charge is 0.308 e. The van der Waals surface area contributed by atoms with Crippen molar-refractivity contribution in [2.75, 3.05) is 6.61 Å². The van der Waals surface area contributed by atoms with Crippen molar-refractivity contribution in [3.8, 4) is 0 Å². The lowest BCUT2D eigenvalue weighted by atomic mass is 9.79. The molecule has 21 heavy (non-hydrogen) atoms. The minimum absolute atomic E-state index is 0.136. The van der Waals surface area contributed by atoms with Crippen molar-refractivity contribution in [3.63, 3.8) is 0 Å². The van der Waals surface area contributed by atoms with Gasteiger partial charge in [-0.2, -0.15) is 0 Å². The van der Waals surface area contributed by atoms with E-state index in [4.69, 9.17) is 4.74 Å². The summed E-state index contributed by atoms with van der Waals surface area (Å²) in [4.78, 5) is 11.6. The first-order chi connectivity index (χ1) is 10.1. The number of hydrogen-bond donors (Lipinski definition) is 1. The number of rotatable bonds is 4. The van der Waals surface area contributed by atoms with Gasteiger partial charge in [-0.25, -0.2) is 0 Å². The van der Waals surface area contributed by atoms with Crippen LogP contribution in [-0.2, 0) is 9.53 Å². The maximum Gasteiger partial charge on any atom is 0.308 e.